The molecule has 0 aromatic heterocycles. The number of hydrogen-bond donors (Lipinski definition) is 1. The third-order valence-electron chi connectivity index (χ3n) is 3.64. The maximum absolute atomic E-state index is 12.2. The van der Waals surface area contributed by atoms with Gasteiger partial charge in [-0.25, -0.2) is 0 Å². The molecule has 2 rings (SSSR count). The number of hydrogen-bond acceptors (Lipinski definition) is 4. The number of morpholine rings is 1. The lowest BCUT2D eigenvalue weighted by atomic mass is 10.1. The van der Waals surface area contributed by atoms with Gasteiger partial charge in [0.05, 0.1) is 19.3 Å². The van der Waals surface area contributed by atoms with E-state index < -0.39 is 0 Å². The molecule has 20 heavy (non-hydrogen) atoms. The summed E-state index contributed by atoms with van der Waals surface area (Å²) in [6.45, 7) is 4.09. The van der Waals surface area contributed by atoms with Crippen LogP contribution in [0.1, 0.15) is 23.7 Å². The van der Waals surface area contributed by atoms with Crippen molar-refractivity contribution in [2.45, 2.75) is 25.5 Å². The molecule has 0 aliphatic carbocycles. The van der Waals surface area contributed by atoms with Gasteiger partial charge in [-0.3, -0.25) is 9.69 Å². The van der Waals surface area contributed by atoms with Gasteiger partial charge in [-0.2, -0.15) is 0 Å². The fourth-order valence-electron chi connectivity index (χ4n) is 2.36. The lowest BCUT2D eigenvalue weighted by Gasteiger charge is -2.37. The summed E-state index contributed by atoms with van der Waals surface area (Å²) in [5.41, 5.74) is 0.729. The molecule has 0 saturated carbocycles. The van der Waals surface area contributed by atoms with Crippen LogP contribution in [0.5, 0.6) is 0 Å². The van der Waals surface area contributed by atoms with Crippen molar-refractivity contribution in [3.8, 4) is 0 Å². The summed E-state index contributed by atoms with van der Waals surface area (Å²) >= 11 is 3.41. The molecular weight excluding hydrogens is 322 g/mol. The van der Waals surface area contributed by atoms with Crippen LogP contribution in [-0.2, 0) is 4.74 Å². The van der Waals surface area contributed by atoms with Crippen molar-refractivity contribution in [2.75, 3.05) is 26.3 Å². The molecule has 1 heterocycles. The third-order valence-corrected chi connectivity index (χ3v) is 4.33. The quantitative estimate of drug-likeness (QED) is 0.833. The van der Waals surface area contributed by atoms with Crippen molar-refractivity contribution in [3.63, 3.8) is 0 Å². The normalized spacial score (nSPS) is 23.8. The fourth-order valence-corrected chi connectivity index (χ4v) is 2.87. The van der Waals surface area contributed by atoms with E-state index in [0.717, 1.165) is 10.0 Å². The molecule has 2 atom stereocenters. The van der Waals surface area contributed by atoms with E-state index in [4.69, 9.17) is 9.84 Å². The van der Waals surface area contributed by atoms with Gasteiger partial charge in [-0.1, -0.05) is 34.1 Å². The summed E-state index contributed by atoms with van der Waals surface area (Å²) < 4.78 is 6.34. The lowest BCUT2D eigenvalue weighted by molar-refractivity contribution is -0.0772. The minimum atomic E-state index is -0.134. The molecule has 5 heteroatoms. The van der Waals surface area contributed by atoms with Crippen molar-refractivity contribution >= 4 is 21.7 Å². The summed E-state index contributed by atoms with van der Waals surface area (Å²) in [6.07, 6.45) is 0.343. The van der Waals surface area contributed by atoms with E-state index in [1.54, 1.807) is 0 Å². The lowest BCUT2D eigenvalue weighted by Crippen LogP contribution is -2.49. The van der Waals surface area contributed by atoms with E-state index in [9.17, 15) is 4.79 Å². The molecule has 1 aromatic carbocycles. The molecule has 1 aliphatic rings. The summed E-state index contributed by atoms with van der Waals surface area (Å²) in [6, 6.07) is 7.77. The van der Waals surface area contributed by atoms with Crippen LogP contribution in [0.25, 0.3) is 0 Å². The van der Waals surface area contributed by atoms with Crippen LogP contribution in [-0.4, -0.2) is 54.2 Å². The van der Waals surface area contributed by atoms with E-state index in [2.05, 4.69) is 27.8 Å². The van der Waals surface area contributed by atoms with E-state index in [1.165, 1.54) is 0 Å². The maximum Gasteiger partial charge on any atom is 0.165 e. The third kappa shape index (κ3) is 3.88. The first kappa shape index (κ1) is 15.6. The van der Waals surface area contributed by atoms with Gasteiger partial charge >= 0.3 is 0 Å². The first-order valence-electron chi connectivity index (χ1n) is 6.86. The SMILES string of the molecule is CC1COC(CO)CN1CCC(=O)c1ccccc1Br. The summed E-state index contributed by atoms with van der Waals surface area (Å²) in [4.78, 5) is 14.4. The largest absolute Gasteiger partial charge is 0.394 e. The van der Waals surface area contributed by atoms with Gasteiger partial charge in [0.2, 0.25) is 0 Å². The minimum Gasteiger partial charge on any atom is -0.394 e. The highest BCUT2D eigenvalue weighted by atomic mass is 79.9. The number of nitrogens with zero attached hydrogens (tertiary/aromatic N) is 1. The highest BCUT2D eigenvalue weighted by Gasteiger charge is 2.25. The zero-order chi connectivity index (χ0) is 14.5. The molecule has 1 saturated heterocycles. The second-order valence-electron chi connectivity index (χ2n) is 5.13. The second kappa shape index (κ2) is 7.31. The standard InChI is InChI=1S/C15H20BrNO3/c1-11-10-20-12(9-18)8-17(11)7-6-15(19)13-4-2-3-5-14(13)16/h2-5,11-12,18H,6-10H2,1H3. The van der Waals surface area contributed by atoms with E-state index in [1.807, 2.05) is 24.3 Å². The number of halogens is 1. The second-order valence-corrected chi connectivity index (χ2v) is 5.99. The zero-order valence-electron chi connectivity index (χ0n) is 11.6. The smallest absolute Gasteiger partial charge is 0.165 e. The average Bonchev–Trinajstić information content (AvgIpc) is 2.46. The maximum atomic E-state index is 12.2. The number of aliphatic hydroxyl groups is 1. The highest BCUT2D eigenvalue weighted by molar-refractivity contribution is 9.10. The molecule has 1 aromatic rings. The number of benzene rings is 1. The van der Waals surface area contributed by atoms with Gasteiger partial charge < -0.3 is 9.84 Å². The molecule has 0 amide bonds. The van der Waals surface area contributed by atoms with Crippen molar-refractivity contribution in [3.05, 3.63) is 34.3 Å². The van der Waals surface area contributed by atoms with Gasteiger partial charge in [-0.05, 0) is 13.0 Å². The summed E-state index contributed by atoms with van der Waals surface area (Å²) in [5.74, 6) is 0.136. The van der Waals surface area contributed by atoms with Crippen molar-refractivity contribution < 1.29 is 14.6 Å². The number of aliphatic hydroxyl groups excluding tert-OH is 1. The Bertz CT molecular complexity index is 466. The first-order valence-corrected chi connectivity index (χ1v) is 7.65. The number of Topliss-reactive ketones (excluding diaryl/α,β-unsaturated/α-hetero) is 1. The Morgan fingerprint density at radius 1 is 1.50 bits per heavy atom. The number of carbonyl (C=O) groups excluding carboxylic acids is 1. The van der Waals surface area contributed by atoms with Crippen molar-refractivity contribution in [1.82, 2.24) is 4.90 Å². The fraction of sp³-hybridized carbons (Fsp3) is 0.533. The topological polar surface area (TPSA) is 49.8 Å². The van der Waals surface area contributed by atoms with Crippen LogP contribution in [0.15, 0.2) is 28.7 Å². The molecule has 0 spiro atoms. The number of ketones is 1. The van der Waals surface area contributed by atoms with Crippen LogP contribution < -0.4 is 0 Å². The number of ether oxygens (including phenoxy) is 1. The molecule has 0 radical (unpaired) electrons. The summed E-state index contributed by atoms with van der Waals surface area (Å²) in [7, 11) is 0. The molecule has 1 N–H and O–H groups in total. The van der Waals surface area contributed by atoms with Gasteiger partial charge in [-0.15, -0.1) is 0 Å². The predicted molar refractivity (Wildman–Crippen MR) is 81.0 cm³/mol. The van der Waals surface area contributed by atoms with Gasteiger partial charge in [0.15, 0.2) is 5.78 Å². The molecule has 1 aliphatic heterocycles. The predicted octanol–water partition coefficient (Wildman–Crippen LogP) is 2.10. The molecule has 2 unspecified atom stereocenters. The van der Waals surface area contributed by atoms with Crippen molar-refractivity contribution in [1.29, 1.82) is 0 Å². The number of rotatable bonds is 5. The Hall–Kier alpha value is -0.750. The van der Waals surface area contributed by atoms with Crippen LogP contribution in [0.3, 0.4) is 0 Å². The van der Waals surface area contributed by atoms with E-state index in [-0.39, 0.29) is 24.5 Å². The number of carbonyl (C=O) groups is 1. The minimum absolute atomic E-state index is 0.0292. The van der Waals surface area contributed by atoms with Crippen LogP contribution in [0, 0.1) is 0 Å². The van der Waals surface area contributed by atoms with Gasteiger partial charge in [0.25, 0.3) is 0 Å². The zero-order valence-corrected chi connectivity index (χ0v) is 13.2. The summed E-state index contributed by atoms with van der Waals surface area (Å²) in [5, 5.41) is 9.16. The Morgan fingerprint density at radius 2 is 2.25 bits per heavy atom. The molecule has 0 bridgehead atoms. The van der Waals surface area contributed by atoms with Crippen LogP contribution in [0.2, 0.25) is 0 Å². The Morgan fingerprint density at radius 3 is 2.95 bits per heavy atom. The monoisotopic (exact) mass is 341 g/mol. The Kier molecular flexibility index (Phi) is 5.72. The average molecular weight is 342 g/mol. The molecule has 4 nitrogen and oxygen atoms in total. The molecule has 1 fully saturated rings. The Balaban J connectivity index is 1.91. The van der Waals surface area contributed by atoms with Crippen LogP contribution >= 0.6 is 15.9 Å². The van der Waals surface area contributed by atoms with Crippen molar-refractivity contribution in [2.24, 2.45) is 0 Å². The molecule has 110 valence electrons. The first-order chi connectivity index (χ1) is 9.61. The Labute approximate surface area is 127 Å². The van der Waals surface area contributed by atoms with E-state index >= 15 is 0 Å². The molecular formula is C15H20BrNO3. The highest BCUT2D eigenvalue weighted by Crippen LogP contribution is 2.18. The van der Waals surface area contributed by atoms with Gasteiger partial charge in [0.1, 0.15) is 0 Å². The van der Waals surface area contributed by atoms with Crippen LogP contribution in [0.4, 0.5) is 0 Å². The van der Waals surface area contributed by atoms with E-state index in [0.29, 0.717) is 26.1 Å². The van der Waals surface area contributed by atoms with Gasteiger partial charge in [0, 0.05) is 35.6 Å².